The quantitative estimate of drug-likeness (QED) is 0.480. The van der Waals surface area contributed by atoms with Crippen molar-refractivity contribution in [3.8, 4) is 0 Å². The third kappa shape index (κ3) is 5.57. The van der Waals surface area contributed by atoms with Crippen LogP contribution in [0.5, 0.6) is 0 Å². The lowest BCUT2D eigenvalue weighted by Crippen LogP contribution is -2.30. The van der Waals surface area contributed by atoms with Crippen molar-refractivity contribution in [2.45, 2.75) is 37.1 Å². The Hall–Kier alpha value is -3.16. The molecule has 8 heteroatoms. The summed E-state index contributed by atoms with van der Waals surface area (Å²) in [6.07, 6.45) is 1.86. The van der Waals surface area contributed by atoms with Crippen LogP contribution in [-0.4, -0.2) is 37.9 Å². The molecule has 35 heavy (non-hydrogen) atoms. The Balaban J connectivity index is 1.36. The SMILES string of the molecule is CCS(=O)(=O)c1ccc(CC(=O)Nc2ccc(C(=O)N(C)C3CCc4cc(Cl)ccc43)cc2)cc1. The molecule has 1 aliphatic carbocycles. The van der Waals surface area contributed by atoms with Crippen molar-refractivity contribution >= 4 is 38.9 Å². The molecular formula is C27H27ClN2O4S. The molecule has 0 saturated heterocycles. The zero-order valence-electron chi connectivity index (χ0n) is 19.6. The fraction of sp³-hybridized carbons (Fsp3) is 0.259. The maximum atomic E-state index is 13.1. The standard InChI is InChI=1S/C27H27ClN2O4S/c1-3-35(33,34)23-12-4-18(5-13-23)16-26(31)29-22-10-6-19(7-11-22)27(32)30(2)25-15-8-20-17-21(28)9-14-24(20)25/h4-7,9-14,17,25H,3,8,15-16H2,1-2H3,(H,29,31). The lowest BCUT2D eigenvalue weighted by molar-refractivity contribution is -0.115. The third-order valence-corrected chi connectivity index (χ3v) is 8.37. The van der Waals surface area contributed by atoms with E-state index in [1.165, 1.54) is 17.7 Å². The van der Waals surface area contributed by atoms with Crippen LogP contribution in [0.2, 0.25) is 5.02 Å². The molecule has 0 heterocycles. The molecule has 2 amide bonds. The molecular weight excluding hydrogens is 484 g/mol. The Bertz CT molecular complexity index is 1350. The highest BCUT2D eigenvalue weighted by molar-refractivity contribution is 7.91. The fourth-order valence-corrected chi connectivity index (χ4v) is 5.46. The predicted molar refractivity (Wildman–Crippen MR) is 138 cm³/mol. The van der Waals surface area contributed by atoms with E-state index in [1.807, 2.05) is 25.2 Å². The first-order chi connectivity index (χ1) is 16.7. The number of amides is 2. The van der Waals surface area contributed by atoms with E-state index in [4.69, 9.17) is 11.6 Å². The molecule has 0 aliphatic heterocycles. The van der Waals surface area contributed by atoms with Gasteiger partial charge in [0.05, 0.1) is 23.1 Å². The number of sulfone groups is 1. The largest absolute Gasteiger partial charge is 0.335 e. The van der Waals surface area contributed by atoms with Gasteiger partial charge < -0.3 is 10.2 Å². The van der Waals surface area contributed by atoms with Gasteiger partial charge in [0.1, 0.15) is 0 Å². The Morgan fingerprint density at radius 3 is 2.37 bits per heavy atom. The second kappa shape index (κ2) is 10.2. The molecule has 182 valence electrons. The Morgan fingerprint density at radius 2 is 1.71 bits per heavy atom. The summed E-state index contributed by atoms with van der Waals surface area (Å²) < 4.78 is 23.8. The average Bonchev–Trinajstić information content (AvgIpc) is 3.27. The van der Waals surface area contributed by atoms with E-state index in [0.717, 1.165) is 18.4 Å². The van der Waals surface area contributed by atoms with Crippen LogP contribution < -0.4 is 5.32 Å². The number of nitrogens with one attached hydrogen (secondary N) is 1. The third-order valence-electron chi connectivity index (χ3n) is 6.38. The van der Waals surface area contributed by atoms with Crippen LogP contribution in [0.4, 0.5) is 5.69 Å². The molecule has 0 radical (unpaired) electrons. The molecule has 0 aromatic heterocycles. The molecule has 0 bridgehead atoms. The normalized spacial score (nSPS) is 14.9. The van der Waals surface area contributed by atoms with Crippen molar-refractivity contribution in [2.24, 2.45) is 0 Å². The molecule has 0 fully saturated rings. The number of nitrogens with zero attached hydrogens (tertiary/aromatic N) is 1. The molecule has 0 spiro atoms. The van der Waals surface area contributed by atoms with E-state index in [9.17, 15) is 18.0 Å². The van der Waals surface area contributed by atoms with Gasteiger partial charge in [-0.1, -0.05) is 36.7 Å². The Kier molecular flexibility index (Phi) is 7.28. The molecule has 1 atom stereocenters. The highest BCUT2D eigenvalue weighted by Gasteiger charge is 2.29. The highest BCUT2D eigenvalue weighted by Crippen LogP contribution is 2.37. The molecule has 1 aliphatic rings. The number of rotatable bonds is 7. The molecule has 0 saturated carbocycles. The van der Waals surface area contributed by atoms with Crippen LogP contribution in [0.3, 0.4) is 0 Å². The Morgan fingerprint density at radius 1 is 1.03 bits per heavy atom. The number of carbonyl (C=O) groups is 2. The average molecular weight is 511 g/mol. The summed E-state index contributed by atoms with van der Waals surface area (Å²) in [5.74, 6) is -0.282. The summed E-state index contributed by atoms with van der Waals surface area (Å²) in [5.41, 5.74) is 4.15. The molecule has 4 rings (SSSR count). The van der Waals surface area contributed by atoms with E-state index in [0.29, 0.717) is 21.8 Å². The van der Waals surface area contributed by atoms with Gasteiger partial charge >= 0.3 is 0 Å². The van der Waals surface area contributed by atoms with Gasteiger partial charge in [0.15, 0.2) is 9.84 Å². The monoisotopic (exact) mass is 510 g/mol. The van der Waals surface area contributed by atoms with Gasteiger partial charge in [0.2, 0.25) is 5.91 Å². The highest BCUT2D eigenvalue weighted by atomic mass is 35.5. The lowest BCUT2D eigenvalue weighted by atomic mass is 10.1. The summed E-state index contributed by atoms with van der Waals surface area (Å²) in [4.78, 5) is 27.5. The first kappa shape index (κ1) is 24.9. The van der Waals surface area contributed by atoms with Crippen molar-refractivity contribution in [1.29, 1.82) is 0 Å². The van der Waals surface area contributed by atoms with Crippen molar-refractivity contribution in [2.75, 3.05) is 18.1 Å². The topological polar surface area (TPSA) is 83.5 Å². The van der Waals surface area contributed by atoms with Crippen LogP contribution in [0.25, 0.3) is 0 Å². The van der Waals surface area contributed by atoms with E-state index in [-0.39, 0.29) is 34.9 Å². The van der Waals surface area contributed by atoms with Gasteiger partial charge in [-0.15, -0.1) is 0 Å². The van der Waals surface area contributed by atoms with Crippen molar-refractivity contribution in [1.82, 2.24) is 4.90 Å². The zero-order chi connectivity index (χ0) is 25.2. The molecule has 6 nitrogen and oxygen atoms in total. The van der Waals surface area contributed by atoms with Crippen molar-refractivity contribution in [3.63, 3.8) is 0 Å². The van der Waals surface area contributed by atoms with Crippen LogP contribution in [0.1, 0.15) is 46.4 Å². The molecule has 3 aromatic carbocycles. The number of aryl methyl sites for hydroxylation is 1. The second-order valence-corrected chi connectivity index (χ2v) is 11.4. The minimum absolute atomic E-state index is 0.00727. The summed E-state index contributed by atoms with van der Waals surface area (Å²) in [7, 11) is -1.46. The molecule has 1 unspecified atom stereocenters. The number of carbonyl (C=O) groups excluding carboxylic acids is 2. The fourth-order valence-electron chi connectivity index (χ4n) is 4.38. The molecule has 3 aromatic rings. The minimum atomic E-state index is -3.27. The maximum Gasteiger partial charge on any atom is 0.254 e. The van der Waals surface area contributed by atoms with Gasteiger partial charge in [-0.25, -0.2) is 8.42 Å². The van der Waals surface area contributed by atoms with Gasteiger partial charge in [-0.05, 0) is 78.1 Å². The van der Waals surface area contributed by atoms with Gasteiger partial charge in [0.25, 0.3) is 5.91 Å². The van der Waals surface area contributed by atoms with Gasteiger partial charge in [-0.2, -0.15) is 0 Å². The van der Waals surface area contributed by atoms with Crippen LogP contribution >= 0.6 is 11.6 Å². The van der Waals surface area contributed by atoms with E-state index < -0.39 is 9.84 Å². The van der Waals surface area contributed by atoms with E-state index in [2.05, 4.69) is 5.32 Å². The van der Waals surface area contributed by atoms with E-state index in [1.54, 1.807) is 48.2 Å². The summed E-state index contributed by atoms with van der Waals surface area (Å²) in [5, 5.41) is 3.53. The van der Waals surface area contributed by atoms with Crippen LogP contribution in [0.15, 0.2) is 71.6 Å². The summed E-state index contributed by atoms with van der Waals surface area (Å²) >= 11 is 6.10. The van der Waals surface area contributed by atoms with Crippen molar-refractivity contribution < 1.29 is 18.0 Å². The number of hydrogen-bond donors (Lipinski definition) is 1. The zero-order valence-corrected chi connectivity index (χ0v) is 21.2. The minimum Gasteiger partial charge on any atom is -0.335 e. The van der Waals surface area contributed by atoms with Gasteiger partial charge in [-0.3, -0.25) is 9.59 Å². The first-order valence-electron chi connectivity index (χ1n) is 11.4. The predicted octanol–water partition coefficient (Wildman–Crippen LogP) is 5.07. The first-order valence-corrected chi connectivity index (χ1v) is 13.5. The van der Waals surface area contributed by atoms with Crippen LogP contribution in [-0.2, 0) is 27.5 Å². The van der Waals surface area contributed by atoms with Crippen molar-refractivity contribution in [3.05, 3.63) is 94.0 Å². The number of benzene rings is 3. The number of fused-ring (bicyclic) bond motifs is 1. The van der Waals surface area contributed by atoms with Crippen LogP contribution in [0, 0.1) is 0 Å². The number of halogens is 1. The number of hydrogen-bond acceptors (Lipinski definition) is 4. The number of anilines is 1. The lowest BCUT2D eigenvalue weighted by Gasteiger charge is -2.25. The Labute approximate surface area is 210 Å². The summed E-state index contributed by atoms with van der Waals surface area (Å²) in [6, 6.07) is 19.0. The smallest absolute Gasteiger partial charge is 0.254 e. The summed E-state index contributed by atoms with van der Waals surface area (Å²) in [6.45, 7) is 1.59. The maximum absolute atomic E-state index is 13.1. The second-order valence-electron chi connectivity index (χ2n) is 8.66. The molecule has 1 N–H and O–H groups in total. The van der Waals surface area contributed by atoms with Gasteiger partial charge in [0, 0.05) is 23.3 Å². The van der Waals surface area contributed by atoms with E-state index >= 15 is 0 Å².